The number of likely N-dealkylation sites (tertiary alicyclic amines) is 1. The normalized spacial score (nSPS) is 19.0. The highest BCUT2D eigenvalue weighted by Gasteiger charge is 2.13. The summed E-state index contributed by atoms with van der Waals surface area (Å²) in [7, 11) is 0. The number of hydrogen-bond donors (Lipinski definition) is 1. The molecule has 0 aromatic carbocycles. The predicted octanol–water partition coefficient (Wildman–Crippen LogP) is 3.61. The third-order valence-corrected chi connectivity index (χ3v) is 4.72. The summed E-state index contributed by atoms with van der Waals surface area (Å²) in [6, 6.07) is 2.05. The Morgan fingerprint density at radius 3 is 2.83 bits per heavy atom. The first-order valence-electron chi connectivity index (χ1n) is 6.90. The largest absolute Gasteiger partial charge is 0.312 e. The summed E-state index contributed by atoms with van der Waals surface area (Å²) in [6.07, 6.45) is 4.18. The van der Waals surface area contributed by atoms with E-state index in [0.717, 1.165) is 24.0 Å². The number of halogens is 1. The van der Waals surface area contributed by atoms with Crippen molar-refractivity contribution in [2.24, 2.45) is 5.92 Å². The second-order valence-corrected chi connectivity index (χ2v) is 6.76. The van der Waals surface area contributed by atoms with Gasteiger partial charge in [-0.3, -0.25) is 0 Å². The van der Waals surface area contributed by atoms with Crippen molar-refractivity contribution >= 4 is 22.9 Å². The fourth-order valence-electron chi connectivity index (χ4n) is 2.54. The van der Waals surface area contributed by atoms with Crippen LogP contribution in [-0.4, -0.2) is 31.1 Å². The molecule has 102 valence electrons. The molecule has 1 aromatic heterocycles. The highest BCUT2D eigenvalue weighted by Crippen LogP contribution is 2.18. The van der Waals surface area contributed by atoms with Crippen LogP contribution >= 0.6 is 22.9 Å². The number of hydrogen-bond acceptors (Lipinski definition) is 3. The van der Waals surface area contributed by atoms with Crippen molar-refractivity contribution in [1.82, 2.24) is 10.2 Å². The molecule has 1 unspecified atom stereocenters. The molecule has 0 bridgehead atoms. The number of nitrogens with one attached hydrogen (secondary N) is 1. The number of nitrogens with zero attached hydrogens (tertiary/aromatic N) is 1. The van der Waals surface area contributed by atoms with Crippen molar-refractivity contribution in [2.45, 2.75) is 32.7 Å². The van der Waals surface area contributed by atoms with E-state index in [-0.39, 0.29) is 0 Å². The van der Waals surface area contributed by atoms with Crippen LogP contribution in [0.4, 0.5) is 0 Å². The smallest absolute Gasteiger partial charge is 0.0516 e. The average molecular weight is 287 g/mol. The molecule has 18 heavy (non-hydrogen) atoms. The number of rotatable bonds is 6. The van der Waals surface area contributed by atoms with Gasteiger partial charge in [-0.2, -0.15) is 0 Å². The van der Waals surface area contributed by atoms with E-state index in [4.69, 9.17) is 11.6 Å². The van der Waals surface area contributed by atoms with E-state index >= 15 is 0 Å². The second kappa shape index (κ2) is 7.49. The van der Waals surface area contributed by atoms with E-state index in [2.05, 4.69) is 23.2 Å². The zero-order valence-electron chi connectivity index (χ0n) is 11.1. The standard InChI is InChI=1S/C14H23ClN2S/c1-12(10-17-5-3-2-4-6-17)8-16-9-14-7-13(15)11-18-14/h7,11-12,16H,2-6,8-10H2,1H3. The maximum atomic E-state index is 5.91. The molecule has 0 aliphatic carbocycles. The first-order chi connectivity index (χ1) is 8.74. The van der Waals surface area contributed by atoms with Gasteiger partial charge in [-0.25, -0.2) is 0 Å². The topological polar surface area (TPSA) is 15.3 Å². The zero-order chi connectivity index (χ0) is 12.8. The molecule has 2 rings (SSSR count). The molecule has 1 atom stereocenters. The number of thiophene rings is 1. The van der Waals surface area contributed by atoms with Gasteiger partial charge in [0.1, 0.15) is 0 Å². The molecule has 1 aromatic rings. The molecule has 0 saturated carbocycles. The van der Waals surface area contributed by atoms with Crippen molar-refractivity contribution in [2.75, 3.05) is 26.2 Å². The zero-order valence-corrected chi connectivity index (χ0v) is 12.7. The van der Waals surface area contributed by atoms with Gasteiger partial charge in [0.25, 0.3) is 0 Å². The summed E-state index contributed by atoms with van der Waals surface area (Å²) >= 11 is 7.64. The van der Waals surface area contributed by atoms with Gasteiger partial charge in [-0.05, 0) is 44.5 Å². The Morgan fingerprint density at radius 1 is 1.39 bits per heavy atom. The van der Waals surface area contributed by atoms with Crippen LogP contribution in [-0.2, 0) is 6.54 Å². The summed E-state index contributed by atoms with van der Waals surface area (Å²) in [5.41, 5.74) is 0. The van der Waals surface area contributed by atoms with Crippen LogP contribution in [0.25, 0.3) is 0 Å². The fourth-order valence-corrected chi connectivity index (χ4v) is 3.58. The summed E-state index contributed by atoms with van der Waals surface area (Å²) < 4.78 is 0. The van der Waals surface area contributed by atoms with Gasteiger partial charge in [0.2, 0.25) is 0 Å². The molecular formula is C14H23ClN2S. The van der Waals surface area contributed by atoms with Crippen LogP contribution in [0.2, 0.25) is 5.02 Å². The Morgan fingerprint density at radius 2 is 2.17 bits per heavy atom. The van der Waals surface area contributed by atoms with Crippen LogP contribution in [0.3, 0.4) is 0 Å². The lowest BCUT2D eigenvalue weighted by Gasteiger charge is -2.29. The average Bonchev–Trinajstić information content (AvgIpc) is 2.76. The summed E-state index contributed by atoms with van der Waals surface area (Å²) in [6.45, 7) is 8.20. The van der Waals surface area contributed by atoms with Gasteiger partial charge in [0.05, 0.1) is 5.02 Å². The first-order valence-corrected chi connectivity index (χ1v) is 8.16. The van der Waals surface area contributed by atoms with E-state index in [9.17, 15) is 0 Å². The highest BCUT2D eigenvalue weighted by molar-refractivity contribution is 7.10. The molecule has 1 saturated heterocycles. The van der Waals surface area contributed by atoms with Crippen LogP contribution in [0, 0.1) is 5.92 Å². The van der Waals surface area contributed by atoms with Crippen molar-refractivity contribution in [3.05, 3.63) is 21.3 Å². The lowest BCUT2D eigenvalue weighted by atomic mass is 10.1. The van der Waals surface area contributed by atoms with Crippen LogP contribution in [0.1, 0.15) is 31.1 Å². The van der Waals surface area contributed by atoms with Gasteiger partial charge in [0, 0.05) is 23.3 Å². The molecule has 0 amide bonds. The van der Waals surface area contributed by atoms with E-state index in [1.165, 1.54) is 43.8 Å². The first kappa shape index (κ1) is 14.3. The predicted molar refractivity (Wildman–Crippen MR) is 80.5 cm³/mol. The number of piperidine rings is 1. The van der Waals surface area contributed by atoms with E-state index in [1.54, 1.807) is 11.3 Å². The third-order valence-electron chi connectivity index (χ3n) is 3.43. The Kier molecular flexibility index (Phi) is 5.96. The lowest BCUT2D eigenvalue weighted by molar-refractivity contribution is 0.199. The molecule has 2 nitrogen and oxygen atoms in total. The molecule has 4 heteroatoms. The molecule has 1 aliphatic heterocycles. The molecule has 1 aliphatic rings. The Labute approximate surface area is 119 Å². The molecule has 2 heterocycles. The minimum Gasteiger partial charge on any atom is -0.312 e. The van der Waals surface area contributed by atoms with Crippen LogP contribution < -0.4 is 5.32 Å². The Balaban J connectivity index is 1.60. The van der Waals surface area contributed by atoms with Crippen molar-refractivity contribution in [3.8, 4) is 0 Å². The molecule has 0 radical (unpaired) electrons. The maximum Gasteiger partial charge on any atom is 0.0516 e. The SMILES string of the molecule is CC(CNCc1cc(Cl)cs1)CN1CCCCC1. The Bertz CT molecular complexity index is 347. The molecule has 0 spiro atoms. The van der Waals surface area contributed by atoms with Crippen molar-refractivity contribution in [1.29, 1.82) is 0 Å². The van der Waals surface area contributed by atoms with Gasteiger partial charge >= 0.3 is 0 Å². The van der Waals surface area contributed by atoms with E-state index < -0.39 is 0 Å². The fraction of sp³-hybridized carbons (Fsp3) is 0.714. The Hall–Kier alpha value is -0.0900. The molecular weight excluding hydrogens is 264 g/mol. The van der Waals surface area contributed by atoms with Gasteiger partial charge in [-0.15, -0.1) is 11.3 Å². The lowest BCUT2D eigenvalue weighted by Crippen LogP contribution is -2.36. The summed E-state index contributed by atoms with van der Waals surface area (Å²) in [4.78, 5) is 3.93. The van der Waals surface area contributed by atoms with Crippen LogP contribution in [0.15, 0.2) is 11.4 Å². The summed E-state index contributed by atoms with van der Waals surface area (Å²) in [5.74, 6) is 0.721. The van der Waals surface area contributed by atoms with Crippen molar-refractivity contribution in [3.63, 3.8) is 0 Å². The van der Waals surface area contributed by atoms with Crippen molar-refractivity contribution < 1.29 is 0 Å². The van der Waals surface area contributed by atoms with Gasteiger partial charge < -0.3 is 10.2 Å². The van der Waals surface area contributed by atoms with Gasteiger partial charge in [0.15, 0.2) is 0 Å². The minimum atomic E-state index is 0.721. The van der Waals surface area contributed by atoms with E-state index in [0.29, 0.717) is 0 Å². The maximum absolute atomic E-state index is 5.91. The molecule has 1 fully saturated rings. The highest BCUT2D eigenvalue weighted by atomic mass is 35.5. The molecule has 1 N–H and O–H groups in total. The third kappa shape index (κ3) is 4.88. The van der Waals surface area contributed by atoms with Gasteiger partial charge in [-0.1, -0.05) is 24.9 Å². The minimum absolute atomic E-state index is 0.721. The summed E-state index contributed by atoms with van der Waals surface area (Å²) in [5, 5.41) is 6.38. The van der Waals surface area contributed by atoms with Crippen LogP contribution in [0.5, 0.6) is 0 Å². The monoisotopic (exact) mass is 286 g/mol. The second-order valence-electron chi connectivity index (χ2n) is 5.33. The van der Waals surface area contributed by atoms with E-state index in [1.807, 2.05) is 5.38 Å². The quantitative estimate of drug-likeness (QED) is 0.859.